The number of halogens is 1. The van der Waals surface area contributed by atoms with Crippen molar-refractivity contribution in [2.24, 2.45) is 0 Å². The molecule has 92 valence electrons. The van der Waals surface area contributed by atoms with Crippen molar-refractivity contribution in [2.45, 2.75) is 0 Å². The van der Waals surface area contributed by atoms with Gasteiger partial charge in [0.05, 0.1) is 12.7 Å². The second-order valence-electron chi connectivity index (χ2n) is 3.53. The molecule has 0 unspecified atom stereocenters. The number of benzene rings is 1. The van der Waals surface area contributed by atoms with Crippen LogP contribution in [-0.4, -0.2) is 18.0 Å². The second kappa shape index (κ2) is 5.51. The van der Waals surface area contributed by atoms with E-state index in [1.165, 1.54) is 6.20 Å². The molecule has 0 aliphatic heterocycles. The van der Waals surface area contributed by atoms with Crippen LogP contribution >= 0.6 is 11.6 Å². The molecule has 1 aromatic heterocycles. The van der Waals surface area contributed by atoms with Gasteiger partial charge in [-0.15, -0.1) is 0 Å². The lowest BCUT2D eigenvalue weighted by atomic mass is 10.2. The molecule has 0 aliphatic rings. The van der Waals surface area contributed by atoms with E-state index in [0.717, 1.165) is 0 Å². The fraction of sp³-hybridized carbons (Fsp3) is 0.0769. The largest absolute Gasteiger partial charge is 0.497 e. The molecule has 2 rings (SSSR count). The van der Waals surface area contributed by atoms with Gasteiger partial charge in [0, 0.05) is 18.0 Å². The Morgan fingerprint density at radius 2 is 2.17 bits per heavy atom. The summed E-state index contributed by atoms with van der Waals surface area (Å²) in [5.41, 5.74) is 0.973. The number of nitrogens with one attached hydrogen (secondary N) is 1. The third-order valence-corrected chi connectivity index (χ3v) is 2.63. The van der Waals surface area contributed by atoms with Gasteiger partial charge in [0.15, 0.2) is 0 Å². The highest BCUT2D eigenvalue weighted by molar-refractivity contribution is 6.33. The first-order valence-electron chi connectivity index (χ1n) is 5.26. The van der Waals surface area contributed by atoms with E-state index in [1.807, 2.05) is 0 Å². The summed E-state index contributed by atoms with van der Waals surface area (Å²) in [4.78, 5) is 15.8. The van der Waals surface area contributed by atoms with E-state index >= 15 is 0 Å². The van der Waals surface area contributed by atoms with E-state index in [1.54, 1.807) is 43.5 Å². The normalized spacial score (nSPS) is 9.89. The molecule has 0 saturated carbocycles. The number of ether oxygens (including phenoxy) is 1. The smallest absolute Gasteiger partial charge is 0.258 e. The molecule has 0 bridgehead atoms. The third kappa shape index (κ3) is 2.78. The highest BCUT2D eigenvalue weighted by Gasteiger charge is 2.10. The maximum absolute atomic E-state index is 12.0. The molecule has 1 heterocycles. The van der Waals surface area contributed by atoms with Crippen LogP contribution in [0.1, 0.15) is 10.4 Å². The molecule has 1 N–H and O–H groups in total. The van der Waals surface area contributed by atoms with E-state index in [4.69, 9.17) is 16.3 Å². The lowest BCUT2D eigenvalue weighted by Gasteiger charge is -2.07. The van der Waals surface area contributed by atoms with Gasteiger partial charge >= 0.3 is 0 Å². The van der Waals surface area contributed by atoms with Crippen molar-refractivity contribution in [2.75, 3.05) is 12.4 Å². The van der Waals surface area contributed by atoms with Crippen LogP contribution < -0.4 is 10.1 Å². The Bertz CT molecular complexity index is 572. The lowest BCUT2D eigenvalue weighted by Crippen LogP contribution is -2.12. The van der Waals surface area contributed by atoms with Gasteiger partial charge in [0.25, 0.3) is 5.91 Å². The van der Waals surface area contributed by atoms with Gasteiger partial charge in [-0.25, -0.2) is 4.98 Å². The third-order valence-electron chi connectivity index (χ3n) is 2.33. The highest BCUT2D eigenvalue weighted by atomic mass is 35.5. The number of rotatable bonds is 3. The van der Waals surface area contributed by atoms with E-state index in [0.29, 0.717) is 17.0 Å². The Labute approximate surface area is 110 Å². The zero-order chi connectivity index (χ0) is 13.0. The molecule has 4 nitrogen and oxygen atoms in total. The van der Waals surface area contributed by atoms with Gasteiger partial charge in [-0.1, -0.05) is 17.7 Å². The molecular weight excluding hydrogens is 252 g/mol. The topological polar surface area (TPSA) is 51.2 Å². The average molecular weight is 263 g/mol. The van der Waals surface area contributed by atoms with Crippen LogP contribution in [0.15, 0.2) is 42.6 Å². The van der Waals surface area contributed by atoms with Crippen molar-refractivity contribution in [3.63, 3.8) is 0 Å². The van der Waals surface area contributed by atoms with Crippen LogP contribution in [0.4, 0.5) is 5.69 Å². The Balaban J connectivity index is 2.19. The maximum atomic E-state index is 12.0. The predicted octanol–water partition coefficient (Wildman–Crippen LogP) is 3.00. The molecule has 5 heteroatoms. The number of nitrogens with zero attached hydrogens (tertiary/aromatic N) is 1. The summed E-state index contributed by atoms with van der Waals surface area (Å²) >= 11 is 5.85. The van der Waals surface area contributed by atoms with Crippen molar-refractivity contribution in [3.05, 3.63) is 53.3 Å². The molecule has 0 atom stereocenters. The van der Waals surface area contributed by atoms with Crippen molar-refractivity contribution in [1.82, 2.24) is 4.98 Å². The second-order valence-corrected chi connectivity index (χ2v) is 3.89. The van der Waals surface area contributed by atoms with E-state index in [-0.39, 0.29) is 11.1 Å². The van der Waals surface area contributed by atoms with Gasteiger partial charge < -0.3 is 10.1 Å². The summed E-state index contributed by atoms with van der Waals surface area (Å²) in [5, 5.41) is 2.91. The first kappa shape index (κ1) is 12.4. The molecule has 1 aromatic carbocycles. The Morgan fingerprint density at radius 3 is 2.89 bits per heavy atom. The number of carbonyl (C=O) groups excluding carboxylic acids is 1. The van der Waals surface area contributed by atoms with Crippen molar-refractivity contribution < 1.29 is 9.53 Å². The molecule has 0 radical (unpaired) electrons. The van der Waals surface area contributed by atoms with Crippen LogP contribution in [0.25, 0.3) is 0 Å². The highest BCUT2D eigenvalue weighted by Crippen LogP contribution is 2.19. The zero-order valence-electron chi connectivity index (χ0n) is 9.68. The minimum Gasteiger partial charge on any atom is -0.497 e. The van der Waals surface area contributed by atoms with Crippen LogP contribution in [0, 0.1) is 0 Å². The van der Waals surface area contributed by atoms with E-state index in [9.17, 15) is 4.79 Å². The Morgan fingerprint density at radius 1 is 1.33 bits per heavy atom. The van der Waals surface area contributed by atoms with Gasteiger partial charge in [-0.2, -0.15) is 0 Å². The van der Waals surface area contributed by atoms with Crippen LogP contribution in [0.3, 0.4) is 0 Å². The molecule has 0 spiro atoms. The van der Waals surface area contributed by atoms with E-state index in [2.05, 4.69) is 10.3 Å². The summed E-state index contributed by atoms with van der Waals surface area (Å²) in [6.45, 7) is 0. The molecule has 1 amide bonds. The summed E-state index contributed by atoms with van der Waals surface area (Å²) in [6, 6.07) is 10.4. The minimum atomic E-state index is -0.304. The van der Waals surface area contributed by atoms with Gasteiger partial charge in [-0.3, -0.25) is 4.79 Å². The van der Waals surface area contributed by atoms with Gasteiger partial charge in [-0.05, 0) is 24.3 Å². The fourth-order valence-corrected chi connectivity index (χ4v) is 1.66. The van der Waals surface area contributed by atoms with Crippen molar-refractivity contribution >= 4 is 23.2 Å². The Hall–Kier alpha value is -2.07. The summed E-state index contributed by atoms with van der Waals surface area (Å²) in [7, 11) is 1.57. The first-order valence-corrected chi connectivity index (χ1v) is 5.64. The van der Waals surface area contributed by atoms with Gasteiger partial charge in [0.1, 0.15) is 10.9 Å². The van der Waals surface area contributed by atoms with Crippen LogP contribution in [0.5, 0.6) is 5.75 Å². The predicted molar refractivity (Wildman–Crippen MR) is 70.2 cm³/mol. The standard InChI is InChI=1S/C13H11ClN2O2/c1-18-10-5-2-4-9(8-10)16-13(17)11-6-3-7-15-12(11)14/h2-8H,1H3,(H,16,17). The number of aromatic nitrogens is 1. The van der Waals surface area contributed by atoms with Crippen LogP contribution in [0.2, 0.25) is 5.15 Å². The maximum Gasteiger partial charge on any atom is 0.258 e. The van der Waals surface area contributed by atoms with Crippen molar-refractivity contribution in [1.29, 1.82) is 0 Å². The monoisotopic (exact) mass is 262 g/mol. The molecule has 2 aromatic rings. The van der Waals surface area contributed by atoms with Crippen molar-refractivity contribution in [3.8, 4) is 5.75 Å². The summed E-state index contributed by atoms with van der Waals surface area (Å²) in [6.07, 6.45) is 1.53. The number of pyridine rings is 1. The first-order chi connectivity index (χ1) is 8.70. The number of hydrogen-bond donors (Lipinski definition) is 1. The lowest BCUT2D eigenvalue weighted by molar-refractivity contribution is 0.102. The zero-order valence-corrected chi connectivity index (χ0v) is 10.4. The summed E-state index contributed by atoms with van der Waals surface area (Å²) < 4.78 is 5.08. The minimum absolute atomic E-state index is 0.179. The number of anilines is 1. The average Bonchev–Trinajstić information content (AvgIpc) is 2.39. The number of amides is 1. The van der Waals surface area contributed by atoms with Gasteiger partial charge in [0.2, 0.25) is 0 Å². The number of carbonyl (C=O) groups is 1. The fourth-order valence-electron chi connectivity index (χ4n) is 1.45. The number of hydrogen-bond acceptors (Lipinski definition) is 3. The quantitative estimate of drug-likeness (QED) is 0.865. The summed E-state index contributed by atoms with van der Waals surface area (Å²) in [5.74, 6) is 0.367. The number of methoxy groups -OCH3 is 1. The van der Waals surface area contributed by atoms with E-state index < -0.39 is 0 Å². The molecular formula is C13H11ClN2O2. The molecule has 0 fully saturated rings. The SMILES string of the molecule is COc1cccc(NC(=O)c2cccnc2Cl)c1. The molecule has 0 aliphatic carbocycles. The Kier molecular flexibility index (Phi) is 3.79. The van der Waals surface area contributed by atoms with Crippen LogP contribution in [-0.2, 0) is 0 Å². The molecule has 18 heavy (non-hydrogen) atoms. The molecule has 0 saturated heterocycles.